The van der Waals surface area contributed by atoms with E-state index in [4.69, 9.17) is 0 Å². The molecular weight excluding hydrogens is 228 g/mol. The molecule has 18 heavy (non-hydrogen) atoms. The van der Waals surface area contributed by atoms with Gasteiger partial charge in [0.1, 0.15) is 0 Å². The smallest absolute Gasteiger partial charge is 0.0875 e. The molecule has 0 aromatic carbocycles. The molecule has 0 fully saturated rings. The average Bonchev–Trinajstić information content (AvgIpc) is 2.37. The van der Waals surface area contributed by atoms with Crippen molar-refractivity contribution in [2.75, 3.05) is 33.2 Å². The van der Waals surface area contributed by atoms with Crippen LogP contribution in [0.15, 0.2) is 22.1 Å². The van der Waals surface area contributed by atoms with Crippen LogP contribution in [0, 0.1) is 0 Å². The first-order valence-electron chi connectivity index (χ1n) is 6.41. The van der Waals surface area contributed by atoms with Gasteiger partial charge in [-0.1, -0.05) is 19.1 Å². The van der Waals surface area contributed by atoms with Gasteiger partial charge in [-0.3, -0.25) is 9.98 Å². The molecule has 5 nitrogen and oxygen atoms in total. The molecule has 0 amide bonds. The molecule has 2 N–H and O–H groups in total. The molecule has 0 radical (unpaired) electrons. The highest BCUT2D eigenvalue weighted by Gasteiger charge is 2.08. The lowest BCUT2D eigenvalue weighted by Gasteiger charge is -2.22. The summed E-state index contributed by atoms with van der Waals surface area (Å²) in [5.74, 6) is 0. The molecule has 0 aromatic rings. The summed E-state index contributed by atoms with van der Waals surface area (Å²) in [5, 5.41) is 12.6. The maximum atomic E-state index is 9.83. The molecule has 0 rings (SSSR count). The van der Waals surface area contributed by atoms with Gasteiger partial charge in [0.2, 0.25) is 0 Å². The Morgan fingerprint density at radius 1 is 1.39 bits per heavy atom. The van der Waals surface area contributed by atoms with Crippen LogP contribution in [0.25, 0.3) is 0 Å². The van der Waals surface area contributed by atoms with Crippen molar-refractivity contribution in [3.63, 3.8) is 0 Å². The number of likely N-dealkylation sites (N-methyl/N-ethyl adjacent to an activating group) is 1. The van der Waals surface area contributed by atoms with E-state index in [9.17, 15) is 5.11 Å². The Balaban J connectivity index is 3.81. The zero-order valence-corrected chi connectivity index (χ0v) is 11.7. The van der Waals surface area contributed by atoms with Crippen LogP contribution in [-0.2, 0) is 0 Å². The van der Waals surface area contributed by atoms with Crippen LogP contribution in [0.1, 0.15) is 20.3 Å². The van der Waals surface area contributed by atoms with Crippen molar-refractivity contribution >= 4 is 12.7 Å². The molecule has 0 spiro atoms. The summed E-state index contributed by atoms with van der Waals surface area (Å²) in [6, 6.07) is 0. The van der Waals surface area contributed by atoms with Gasteiger partial charge in [0, 0.05) is 20.1 Å². The fourth-order valence-electron chi connectivity index (χ4n) is 1.49. The van der Waals surface area contributed by atoms with Crippen molar-refractivity contribution < 1.29 is 5.11 Å². The Bertz CT molecular complexity index is 264. The number of aliphatic hydroxyl groups is 1. The van der Waals surface area contributed by atoms with Crippen LogP contribution in [-0.4, -0.2) is 62.0 Å². The predicted molar refractivity (Wildman–Crippen MR) is 78.5 cm³/mol. The van der Waals surface area contributed by atoms with Gasteiger partial charge in [-0.05, 0) is 19.9 Å². The summed E-state index contributed by atoms with van der Waals surface area (Å²) >= 11 is 0. The Kier molecular flexibility index (Phi) is 11.4. The van der Waals surface area contributed by atoms with Crippen LogP contribution in [0.4, 0.5) is 0 Å². The Morgan fingerprint density at radius 3 is 2.78 bits per heavy atom. The van der Waals surface area contributed by atoms with Crippen LogP contribution in [0.2, 0.25) is 0 Å². The second-order valence-corrected chi connectivity index (χ2v) is 3.95. The number of nitrogens with zero attached hydrogens (tertiary/aromatic N) is 3. The molecule has 1 atom stereocenters. The molecule has 0 saturated heterocycles. The zero-order valence-electron chi connectivity index (χ0n) is 11.7. The molecule has 0 bridgehead atoms. The summed E-state index contributed by atoms with van der Waals surface area (Å²) in [4.78, 5) is 10.0. The van der Waals surface area contributed by atoms with Crippen molar-refractivity contribution in [1.29, 1.82) is 0 Å². The van der Waals surface area contributed by atoms with E-state index in [1.54, 1.807) is 19.7 Å². The summed E-state index contributed by atoms with van der Waals surface area (Å²) < 4.78 is 0. The largest absolute Gasteiger partial charge is 0.390 e. The monoisotopic (exact) mass is 254 g/mol. The average molecular weight is 254 g/mol. The topological polar surface area (TPSA) is 60.2 Å². The lowest BCUT2D eigenvalue weighted by Crippen LogP contribution is -2.34. The Labute approximate surface area is 110 Å². The van der Waals surface area contributed by atoms with Crippen molar-refractivity contribution in [1.82, 2.24) is 10.2 Å². The van der Waals surface area contributed by atoms with Crippen molar-refractivity contribution in [3.05, 3.63) is 12.2 Å². The molecule has 5 heteroatoms. The van der Waals surface area contributed by atoms with E-state index in [0.29, 0.717) is 13.1 Å². The number of nitrogens with one attached hydrogen (secondary N) is 1. The van der Waals surface area contributed by atoms with E-state index < -0.39 is 6.10 Å². The van der Waals surface area contributed by atoms with Gasteiger partial charge in [-0.15, -0.1) is 0 Å². The van der Waals surface area contributed by atoms with E-state index in [0.717, 1.165) is 19.5 Å². The second-order valence-electron chi connectivity index (χ2n) is 3.95. The van der Waals surface area contributed by atoms with E-state index in [1.807, 2.05) is 6.92 Å². The number of rotatable bonds is 10. The molecule has 0 saturated carbocycles. The molecule has 0 heterocycles. The highest BCUT2D eigenvalue weighted by Crippen LogP contribution is 1.96. The second kappa shape index (κ2) is 12.3. The molecule has 1 unspecified atom stereocenters. The molecule has 0 aliphatic heterocycles. The van der Waals surface area contributed by atoms with Gasteiger partial charge in [-0.25, -0.2) is 0 Å². The third-order valence-corrected chi connectivity index (χ3v) is 2.45. The van der Waals surface area contributed by atoms with Crippen LogP contribution < -0.4 is 5.32 Å². The summed E-state index contributed by atoms with van der Waals surface area (Å²) in [6.45, 7) is 7.11. The van der Waals surface area contributed by atoms with Crippen molar-refractivity contribution in [3.8, 4) is 0 Å². The Morgan fingerprint density at radius 2 is 2.17 bits per heavy atom. The summed E-state index contributed by atoms with van der Waals surface area (Å²) in [6.07, 6.45) is 7.88. The van der Waals surface area contributed by atoms with Gasteiger partial charge in [-0.2, -0.15) is 0 Å². The van der Waals surface area contributed by atoms with Crippen LogP contribution in [0.3, 0.4) is 0 Å². The quantitative estimate of drug-likeness (QED) is 0.346. The van der Waals surface area contributed by atoms with Crippen LogP contribution in [0.5, 0.6) is 0 Å². The predicted octanol–water partition coefficient (Wildman–Crippen LogP) is 0.911. The number of aliphatic imine (C=N–C) groups is 2. The van der Waals surface area contributed by atoms with E-state index >= 15 is 0 Å². The van der Waals surface area contributed by atoms with Crippen molar-refractivity contribution in [2.24, 2.45) is 9.98 Å². The highest BCUT2D eigenvalue weighted by molar-refractivity contribution is 5.74. The number of allylic oxidation sites excluding steroid dienone is 1. The molecule has 104 valence electrons. The minimum absolute atomic E-state index is 0.407. The SMILES string of the molecule is C/C=C\CCN(CC)CC(O)CN=CNC=NC. The first kappa shape index (κ1) is 16.8. The molecular formula is C13H26N4O. The first-order valence-corrected chi connectivity index (χ1v) is 6.41. The fraction of sp³-hybridized carbons (Fsp3) is 0.692. The molecule has 0 aromatic heterocycles. The maximum Gasteiger partial charge on any atom is 0.0875 e. The number of hydrogen-bond acceptors (Lipinski definition) is 4. The number of hydrogen-bond donors (Lipinski definition) is 2. The highest BCUT2D eigenvalue weighted by atomic mass is 16.3. The number of aliphatic hydroxyl groups excluding tert-OH is 1. The van der Waals surface area contributed by atoms with Gasteiger partial charge >= 0.3 is 0 Å². The zero-order chi connectivity index (χ0) is 13.6. The minimum atomic E-state index is -0.424. The Hall–Kier alpha value is -1.20. The summed E-state index contributed by atoms with van der Waals surface area (Å²) in [7, 11) is 1.68. The third kappa shape index (κ3) is 9.99. The summed E-state index contributed by atoms with van der Waals surface area (Å²) in [5.41, 5.74) is 0. The standard InChI is InChI=1S/C13H26N4O/c1-4-6-7-8-17(5-2)10-13(18)9-15-12-16-11-14-3/h4,6,11-13,18H,5,7-10H2,1-3H3,(H,14,15,16)/b6-4-. The maximum absolute atomic E-state index is 9.83. The van der Waals surface area contributed by atoms with E-state index in [1.165, 1.54) is 0 Å². The van der Waals surface area contributed by atoms with Gasteiger partial charge in [0.05, 0.1) is 25.3 Å². The van der Waals surface area contributed by atoms with Gasteiger partial charge in [0.15, 0.2) is 0 Å². The fourth-order valence-corrected chi connectivity index (χ4v) is 1.49. The van der Waals surface area contributed by atoms with E-state index in [-0.39, 0.29) is 0 Å². The normalized spacial score (nSPS) is 14.3. The molecule has 0 aliphatic carbocycles. The van der Waals surface area contributed by atoms with Crippen LogP contribution >= 0.6 is 0 Å². The first-order chi connectivity index (χ1) is 8.74. The third-order valence-electron chi connectivity index (χ3n) is 2.45. The van der Waals surface area contributed by atoms with Gasteiger partial charge in [0.25, 0.3) is 0 Å². The lowest BCUT2D eigenvalue weighted by molar-refractivity contribution is 0.123. The van der Waals surface area contributed by atoms with Crippen molar-refractivity contribution in [2.45, 2.75) is 26.4 Å². The van der Waals surface area contributed by atoms with E-state index in [2.05, 4.69) is 39.3 Å². The lowest BCUT2D eigenvalue weighted by atomic mass is 10.3. The van der Waals surface area contributed by atoms with Gasteiger partial charge < -0.3 is 15.3 Å². The minimum Gasteiger partial charge on any atom is -0.390 e. The molecule has 0 aliphatic rings.